The van der Waals surface area contributed by atoms with Crippen LogP contribution < -0.4 is 5.09 Å². The molecule has 0 aliphatic heterocycles. The fraction of sp³-hybridized carbons (Fsp3) is 1.00. The van der Waals surface area contributed by atoms with Gasteiger partial charge in [0.2, 0.25) is 0 Å². The zero-order chi connectivity index (χ0) is 11.2. The molecule has 0 saturated heterocycles. The highest BCUT2D eigenvalue weighted by Gasteiger charge is 2.27. The fourth-order valence-electron chi connectivity index (χ4n) is 0.876. The van der Waals surface area contributed by atoms with E-state index in [0.717, 1.165) is 18.3 Å². The van der Waals surface area contributed by atoms with E-state index in [0.29, 0.717) is 5.25 Å². The summed E-state index contributed by atoms with van der Waals surface area (Å²) in [6.07, 6.45) is 1.04. The van der Waals surface area contributed by atoms with E-state index in [1.807, 2.05) is 11.7 Å². The van der Waals surface area contributed by atoms with Crippen molar-refractivity contribution >= 4 is 34.0 Å². The summed E-state index contributed by atoms with van der Waals surface area (Å²) < 4.78 is 14.3. The molecule has 0 rings (SSSR count). The zero-order valence-corrected chi connectivity index (χ0v) is 12.6. The molecule has 2 unspecified atom stereocenters. The maximum Gasteiger partial charge on any atom is 0.268 e. The van der Waals surface area contributed by atoms with Crippen LogP contribution in [0.3, 0.4) is 0 Å². The molecule has 6 heteroatoms. The smallest absolute Gasteiger partial charge is 0.268 e. The number of nitrogens with zero attached hydrogens (tertiary/aromatic N) is 1. The van der Waals surface area contributed by atoms with Crippen molar-refractivity contribution in [2.45, 2.75) is 25.5 Å². The second-order valence-corrected chi connectivity index (χ2v) is 9.24. The van der Waals surface area contributed by atoms with E-state index in [4.69, 9.17) is 0 Å². The highest BCUT2D eigenvalue weighted by Crippen LogP contribution is 2.58. The van der Waals surface area contributed by atoms with Crippen LogP contribution in [0.4, 0.5) is 0 Å². The van der Waals surface area contributed by atoms with Gasteiger partial charge in [-0.25, -0.2) is 9.76 Å². The molecular formula is C8H20BrN2OPS. The molecule has 0 aromatic heterocycles. The van der Waals surface area contributed by atoms with Gasteiger partial charge in [-0.1, -0.05) is 41.2 Å². The minimum absolute atomic E-state index is 0.422. The minimum atomic E-state index is -2.41. The highest BCUT2D eigenvalue weighted by molar-refractivity contribution is 9.09. The Morgan fingerprint density at radius 2 is 2.21 bits per heavy atom. The molecule has 14 heavy (non-hydrogen) atoms. The van der Waals surface area contributed by atoms with Gasteiger partial charge in [0.25, 0.3) is 6.65 Å². The largest absolute Gasteiger partial charge is 0.277 e. The van der Waals surface area contributed by atoms with Crippen LogP contribution in [-0.2, 0) is 4.57 Å². The van der Waals surface area contributed by atoms with E-state index in [9.17, 15) is 4.57 Å². The average Bonchev–Trinajstić information content (AvgIpc) is 2.17. The van der Waals surface area contributed by atoms with Gasteiger partial charge in [-0.05, 0) is 20.5 Å². The van der Waals surface area contributed by atoms with Crippen LogP contribution in [-0.4, -0.2) is 35.9 Å². The molecule has 3 nitrogen and oxygen atoms in total. The summed E-state index contributed by atoms with van der Waals surface area (Å²) in [5.41, 5.74) is 0. The van der Waals surface area contributed by atoms with Gasteiger partial charge in [0.05, 0.1) is 0 Å². The van der Waals surface area contributed by atoms with Crippen molar-refractivity contribution in [2.24, 2.45) is 0 Å². The van der Waals surface area contributed by atoms with Crippen molar-refractivity contribution in [3.8, 4) is 0 Å². The summed E-state index contributed by atoms with van der Waals surface area (Å²) in [4.78, 5) is 0. The third kappa shape index (κ3) is 4.67. The van der Waals surface area contributed by atoms with Gasteiger partial charge < -0.3 is 0 Å². The molecule has 0 fully saturated rings. The SMILES string of the molecule is CCC(C)SP(=O)(NC)N(C)CCBr. The highest BCUT2D eigenvalue weighted by atomic mass is 79.9. The quantitative estimate of drug-likeness (QED) is 0.578. The Morgan fingerprint density at radius 3 is 2.57 bits per heavy atom. The van der Waals surface area contributed by atoms with E-state index < -0.39 is 6.65 Å². The van der Waals surface area contributed by atoms with Crippen LogP contribution in [0.5, 0.6) is 0 Å². The molecule has 0 aliphatic carbocycles. The first-order valence-corrected chi connectivity index (χ1v) is 9.01. The Balaban J connectivity index is 4.38. The van der Waals surface area contributed by atoms with Gasteiger partial charge >= 0.3 is 0 Å². The molecular weight excluding hydrogens is 283 g/mol. The van der Waals surface area contributed by atoms with Gasteiger partial charge in [-0.2, -0.15) is 0 Å². The number of hydrogen-bond acceptors (Lipinski definition) is 2. The molecule has 0 heterocycles. The minimum Gasteiger partial charge on any atom is -0.277 e. The zero-order valence-electron chi connectivity index (χ0n) is 9.29. The molecule has 86 valence electrons. The average molecular weight is 303 g/mol. The predicted molar refractivity (Wildman–Crippen MR) is 70.4 cm³/mol. The van der Waals surface area contributed by atoms with E-state index >= 15 is 0 Å². The third-order valence-electron chi connectivity index (χ3n) is 2.04. The summed E-state index contributed by atoms with van der Waals surface area (Å²) in [6, 6.07) is 0. The van der Waals surface area contributed by atoms with E-state index in [1.165, 1.54) is 0 Å². The van der Waals surface area contributed by atoms with Crippen molar-refractivity contribution in [1.29, 1.82) is 0 Å². The maximum atomic E-state index is 12.4. The lowest BCUT2D eigenvalue weighted by Crippen LogP contribution is -2.23. The first-order chi connectivity index (χ1) is 6.50. The van der Waals surface area contributed by atoms with Crippen LogP contribution >= 0.6 is 34.0 Å². The number of rotatable bonds is 7. The molecule has 0 spiro atoms. The normalized spacial score (nSPS) is 18.1. The van der Waals surface area contributed by atoms with Crippen molar-refractivity contribution in [3.05, 3.63) is 0 Å². The molecule has 2 atom stereocenters. The monoisotopic (exact) mass is 302 g/mol. The Hall–Kier alpha value is 0.980. The van der Waals surface area contributed by atoms with Crippen LogP contribution in [0.25, 0.3) is 0 Å². The van der Waals surface area contributed by atoms with Gasteiger partial charge in [-0.3, -0.25) is 4.57 Å². The van der Waals surface area contributed by atoms with Crippen molar-refractivity contribution in [2.75, 3.05) is 26.0 Å². The molecule has 0 aliphatic rings. The van der Waals surface area contributed by atoms with Crippen molar-refractivity contribution in [1.82, 2.24) is 9.76 Å². The van der Waals surface area contributed by atoms with Crippen LogP contribution in [0.2, 0.25) is 0 Å². The molecule has 0 radical (unpaired) electrons. The summed E-state index contributed by atoms with van der Waals surface area (Å²) in [5, 5.41) is 4.22. The maximum absolute atomic E-state index is 12.4. The standard InChI is InChI=1S/C8H20BrN2OPS/c1-5-8(2)14-13(12,10-3)11(4)7-6-9/h8H,5-7H2,1-4H3,(H,10,12). The summed E-state index contributed by atoms with van der Waals surface area (Å²) in [6.45, 7) is 2.60. The van der Waals surface area contributed by atoms with Crippen LogP contribution in [0, 0.1) is 0 Å². The lowest BCUT2D eigenvalue weighted by Gasteiger charge is -2.28. The van der Waals surface area contributed by atoms with E-state index in [2.05, 4.69) is 34.9 Å². The molecule has 0 aromatic carbocycles. The molecule has 1 N–H and O–H groups in total. The van der Waals surface area contributed by atoms with Gasteiger partial charge in [0.15, 0.2) is 0 Å². The summed E-state index contributed by atoms with van der Waals surface area (Å²) >= 11 is 4.90. The molecule has 0 aromatic rings. The Labute approximate surface area is 99.7 Å². The van der Waals surface area contributed by atoms with Crippen LogP contribution in [0.15, 0.2) is 0 Å². The molecule has 0 amide bonds. The number of halogens is 1. The Kier molecular flexibility index (Phi) is 7.80. The second kappa shape index (κ2) is 7.29. The third-order valence-corrected chi connectivity index (χ3v) is 8.36. The number of nitrogens with one attached hydrogen (secondary N) is 1. The molecule has 0 saturated carbocycles. The van der Waals surface area contributed by atoms with Gasteiger partial charge in [0.1, 0.15) is 0 Å². The number of alkyl halides is 1. The predicted octanol–water partition coefficient (Wildman–Crippen LogP) is 3.17. The Bertz CT molecular complexity index is 206. The van der Waals surface area contributed by atoms with Crippen LogP contribution in [0.1, 0.15) is 20.3 Å². The van der Waals surface area contributed by atoms with Crippen molar-refractivity contribution < 1.29 is 4.57 Å². The first kappa shape index (κ1) is 15.0. The first-order valence-electron chi connectivity index (χ1n) is 4.75. The number of hydrogen-bond donors (Lipinski definition) is 1. The van der Waals surface area contributed by atoms with E-state index in [1.54, 1.807) is 18.4 Å². The summed E-state index contributed by atoms with van der Waals surface area (Å²) in [7, 11) is 3.66. The lowest BCUT2D eigenvalue weighted by molar-refractivity contribution is 0.493. The lowest BCUT2D eigenvalue weighted by atomic mass is 10.4. The van der Waals surface area contributed by atoms with Crippen molar-refractivity contribution in [3.63, 3.8) is 0 Å². The molecule has 0 bridgehead atoms. The fourth-order valence-corrected chi connectivity index (χ4v) is 6.24. The van der Waals surface area contributed by atoms with Gasteiger partial charge in [0, 0.05) is 17.1 Å². The Morgan fingerprint density at radius 1 is 1.64 bits per heavy atom. The van der Waals surface area contributed by atoms with E-state index in [-0.39, 0.29) is 0 Å². The topological polar surface area (TPSA) is 32.3 Å². The van der Waals surface area contributed by atoms with Gasteiger partial charge in [-0.15, -0.1) is 0 Å². The summed E-state index contributed by atoms with van der Waals surface area (Å²) in [5.74, 6) is 0. The second-order valence-electron chi connectivity index (χ2n) is 3.14.